The van der Waals surface area contributed by atoms with Crippen LogP contribution < -0.4 is 10.2 Å². The van der Waals surface area contributed by atoms with E-state index in [2.05, 4.69) is 5.32 Å². The molecule has 0 radical (unpaired) electrons. The molecule has 3 amide bonds. The van der Waals surface area contributed by atoms with E-state index >= 15 is 0 Å². The van der Waals surface area contributed by atoms with Crippen LogP contribution in [-0.4, -0.2) is 92.8 Å². The number of hydrogen-bond acceptors (Lipinski definition) is 6. The summed E-state index contributed by atoms with van der Waals surface area (Å²) in [5, 5.41) is 2.88. The Morgan fingerprint density at radius 3 is 2.66 bits per heavy atom. The first-order valence-corrected chi connectivity index (χ1v) is 10.8. The first-order chi connectivity index (χ1) is 14.1. The summed E-state index contributed by atoms with van der Waals surface area (Å²) in [5.74, 6) is 0.265. The summed E-state index contributed by atoms with van der Waals surface area (Å²) in [4.78, 5) is 43.6. The van der Waals surface area contributed by atoms with Crippen LogP contribution >= 0.6 is 11.8 Å². The smallest absolute Gasteiger partial charge is 0.242 e. The third kappa shape index (κ3) is 5.94. The van der Waals surface area contributed by atoms with Crippen LogP contribution in [0.4, 0.5) is 5.69 Å². The number of nitrogens with one attached hydrogen (secondary N) is 1. The number of anilines is 1. The predicted molar refractivity (Wildman–Crippen MR) is 112 cm³/mol. The van der Waals surface area contributed by atoms with Crippen molar-refractivity contribution in [2.75, 3.05) is 70.2 Å². The first kappa shape index (κ1) is 21.6. The number of piperazine rings is 1. The van der Waals surface area contributed by atoms with E-state index in [-0.39, 0.29) is 24.3 Å². The molecule has 0 atom stereocenters. The molecule has 0 bridgehead atoms. The molecule has 2 heterocycles. The number of ether oxygens (including phenoxy) is 1. The predicted octanol–water partition coefficient (Wildman–Crippen LogP) is 0.422. The number of benzene rings is 1. The van der Waals surface area contributed by atoms with Gasteiger partial charge in [-0.2, -0.15) is 0 Å². The monoisotopic (exact) mass is 420 g/mol. The van der Waals surface area contributed by atoms with Crippen LogP contribution in [-0.2, 0) is 19.1 Å². The summed E-state index contributed by atoms with van der Waals surface area (Å²) < 4.78 is 4.96. The van der Waals surface area contributed by atoms with Crippen molar-refractivity contribution in [3.8, 4) is 0 Å². The van der Waals surface area contributed by atoms with Gasteiger partial charge in [0.1, 0.15) is 6.54 Å². The highest BCUT2D eigenvalue weighted by molar-refractivity contribution is 8.00. The Labute approximate surface area is 175 Å². The van der Waals surface area contributed by atoms with Crippen molar-refractivity contribution >= 4 is 35.2 Å². The number of rotatable bonds is 8. The molecule has 1 N–H and O–H groups in total. The Morgan fingerprint density at radius 2 is 1.90 bits per heavy atom. The van der Waals surface area contributed by atoms with Crippen molar-refractivity contribution in [3.63, 3.8) is 0 Å². The number of fused-ring (bicyclic) bond motifs is 1. The number of nitrogens with zero attached hydrogens (tertiary/aromatic N) is 3. The van der Waals surface area contributed by atoms with Crippen LogP contribution in [0, 0.1) is 0 Å². The van der Waals surface area contributed by atoms with Crippen molar-refractivity contribution in [1.29, 1.82) is 0 Å². The topological polar surface area (TPSA) is 82.2 Å². The molecule has 158 valence electrons. The second kappa shape index (κ2) is 10.6. The number of carbonyl (C=O) groups is 3. The number of para-hydroxylation sites is 1. The van der Waals surface area contributed by atoms with Crippen LogP contribution in [0.1, 0.15) is 6.42 Å². The van der Waals surface area contributed by atoms with E-state index in [1.807, 2.05) is 29.2 Å². The third-order valence-electron chi connectivity index (χ3n) is 5.04. The molecule has 8 nitrogen and oxygen atoms in total. The lowest BCUT2D eigenvalue weighted by Crippen LogP contribution is -2.53. The fourth-order valence-corrected chi connectivity index (χ4v) is 4.36. The molecule has 1 aromatic rings. The minimum atomic E-state index is -0.0521. The van der Waals surface area contributed by atoms with Crippen LogP contribution in [0.15, 0.2) is 29.2 Å². The minimum Gasteiger partial charge on any atom is -0.385 e. The molecule has 29 heavy (non-hydrogen) atoms. The van der Waals surface area contributed by atoms with E-state index < -0.39 is 0 Å². The normalized spacial score (nSPS) is 17.2. The summed E-state index contributed by atoms with van der Waals surface area (Å²) in [7, 11) is 1.64. The lowest BCUT2D eigenvalue weighted by molar-refractivity contribution is -0.133. The standard InChI is InChI=1S/C20H28N4O4S/c1-28-12-4-7-21-18(25)13-22-8-10-23(11-9-22)19(26)14-24-16-5-2-3-6-17(16)29-15-20(24)27/h2-3,5-6H,4,7-15H2,1H3,(H,21,25). The zero-order valence-electron chi connectivity index (χ0n) is 16.8. The highest BCUT2D eigenvalue weighted by Gasteiger charge is 2.29. The molecule has 3 rings (SSSR count). The molecule has 0 aliphatic carbocycles. The van der Waals surface area contributed by atoms with Crippen molar-refractivity contribution in [3.05, 3.63) is 24.3 Å². The van der Waals surface area contributed by atoms with E-state index in [1.165, 1.54) is 11.8 Å². The Hall–Kier alpha value is -2.10. The largest absolute Gasteiger partial charge is 0.385 e. The summed E-state index contributed by atoms with van der Waals surface area (Å²) in [5.41, 5.74) is 0.811. The summed E-state index contributed by atoms with van der Waals surface area (Å²) in [6.45, 7) is 4.07. The van der Waals surface area contributed by atoms with Gasteiger partial charge in [-0.1, -0.05) is 12.1 Å². The number of carbonyl (C=O) groups excluding carboxylic acids is 3. The first-order valence-electron chi connectivity index (χ1n) is 9.86. The fraction of sp³-hybridized carbons (Fsp3) is 0.550. The van der Waals surface area contributed by atoms with Crippen molar-refractivity contribution in [1.82, 2.24) is 15.1 Å². The highest BCUT2D eigenvalue weighted by atomic mass is 32.2. The third-order valence-corrected chi connectivity index (χ3v) is 6.09. The molecule has 0 spiro atoms. The van der Waals surface area contributed by atoms with Crippen LogP contribution in [0.2, 0.25) is 0 Å². The summed E-state index contributed by atoms with van der Waals surface area (Å²) in [6, 6.07) is 7.68. The van der Waals surface area contributed by atoms with Crippen LogP contribution in [0.5, 0.6) is 0 Å². The van der Waals surface area contributed by atoms with Crippen molar-refractivity contribution in [2.45, 2.75) is 11.3 Å². The maximum atomic E-state index is 12.8. The Morgan fingerprint density at radius 1 is 1.14 bits per heavy atom. The average Bonchev–Trinajstić information content (AvgIpc) is 2.74. The molecule has 1 aromatic carbocycles. The zero-order chi connectivity index (χ0) is 20.6. The van der Waals surface area contributed by atoms with Gasteiger partial charge in [0.25, 0.3) is 0 Å². The van der Waals surface area contributed by atoms with Gasteiger partial charge in [-0.25, -0.2) is 0 Å². The quantitative estimate of drug-likeness (QED) is 0.614. The maximum absolute atomic E-state index is 12.8. The zero-order valence-corrected chi connectivity index (χ0v) is 17.6. The molecule has 1 fully saturated rings. The van der Waals surface area contributed by atoms with Gasteiger partial charge >= 0.3 is 0 Å². The molecule has 0 unspecified atom stereocenters. The second-order valence-electron chi connectivity index (χ2n) is 7.09. The van der Waals surface area contributed by atoms with Crippen molar-refractivity contribution < 1.29 is 19.1 Å². The van der Waals surface area contributed by atoms with E-state index in [1.54, 1.807) is 16.9 Å². The molecular formula is C20H28N4O4S. The van der Waals surface area contributed by atoms with Gasteiger partial charge in [-0.15, -0.1) is 11.8 Å². The number of amides is 3. The number of hydrogen-bond donors (Lipinski definition) is 1. The number of methoxy groups -OCH3 is 1. The van der Waals surface area contributed by atoms with Gasteiger partial charge in [-0.3, -0.25) is 19.3 Å². The van der Waals surface area contributed by atoms with E-state index in [9.17, 15) is 14.4 Å². The van der Waals surface area contributed by atoms with Gasteiger partial charge < -0.3 is 19.9 Å². The van der Waals surface area contributed by atoms with Gasteiger partial charge in [0, 0.05) is 51.3 Å². The van der Waals surface area contributed by atoms with E-state index in [4.69, 9.17) is 4.74 Å². The summed E-state index contributed by atoms with van der Waals surface area (Å²) >= 11 is 1.51. The Bertz CT molecular complexity index is 737. The van der Waals surface area contributed by atoms with Gasteiger partial charge in [-0.05, 0) is 18.6 Å². The lowest BCUT2D eigenvalue weighted by Gasteiger charge is -2.36. The van der Waals surface area contributed by atoms with Crippen LogP contribution in [0.3, 0.4) is 0 Å². The fourth-order valence-electron chi connectivity index (χ4n) is 3.42. The molecule has 1 saturated heterocycles. The lowest BCUT2D eigenvalue weighted by atomic mass is 10.2. The molecular weight excluding hydrogens is 392 g/mol. The minimum absolute atomic E-state index is 0.00565. The molecule has 2 aliphatic heterocycles. The Kier molecular flexibility index (Phi) is 7.91. The van der Waals surface area contributed by atoms with E-state index in [0.29, 0.717) is 51.6 Å². The Balaban J connectivity index is 1.45. The SMILES string of the molecule is COCCCNC(=O)CN1CCN(C(=O)CN2C(=O)CSc3ccccc32)CC1. The van der Waals surface area contributed by atoms with Gasteiger partial charge in [0.05, 0.1) is 18.0 Å². The second-order valence-corrected chi connectivity index (χ2v) is 8.11. The molecule has 2 aliphatic rings. The maximum Gasteiger partial charge on any atom is 0.242 e. The molecule has 0 aromatic heterocycles. The molecule has 9 heteroatoms. The van der Waals surface area contributed by atoms with Gasteiger partial charge in [0.15, 0.2) is 0 Å². The van der Waals surface area contributed by atoms with Crippen LogP contribution in [0.25, 0.3) is 0 Å². The van der Waals surface area contributed by atoms with Crippen molar-refractivity contribution in [2.24, 2.45) is 0 Å². The molecule has 0 saturated carbocycles. The average molecular weight is 421 g/mol. The summed E-state index contributed by atoms with van der Waals surface area (Å²) in [6.07, 6.45) is 0.793. The van der Waals surface area contributed by atoms with E-state index in [0.717, 1.165) is 17.0 Å². The number of thioether (sulfide) groups is 1. The van der Waals surface area contributed by atoms with Gasteiger partial charge in [0.2, 0.25) is 17.7 Å². The highest BCUT2D eigenvalue weighted by Crippen LogP contribution is 2.34.